The molecule has 3 aromatic rings. The number of halogens is 1. The van der Waals surface area contributed by atoms with Crippen LogP contribution in [0.5, 0.6) is 0 Å². The first-order chi connectivity index (χ1) is 31.8. The number of aromatic amines is 1. The maximum Gasteiger partial charge on any atom is 0.410 e. The van der Waals surface area contributed by atoms with Gasteiger partial charge in [-0.05, 0) is 110 Å². The number of nitrogen functional groups attached to an aromatic ring is 1. The second-order valence-electron chi connectivity index (χ2n) is 19.1. The highest BCUT2D eigenvalue weighted by atomic mass is 32.2. The quantitative estimate of drug-likeness (QED) is 0.0723. The minimum absolute atomic E-state index is 0.000730. The standard InChI is InChI=1S/C46H71N9O9.CH3FS/c1-11-37-46(7)40(55(44(59)64-46)18-13-12-17-54-26-35(51-52-54)32-15-14-16-33(47)21-32)30(5)48-23-27(2)22-45(6,60-10)41(63-43-39(57)36(53(8)9)19-28(3)61-43)29(4)38(56)34(42(58)62-37)20-31-24-49-50-25-31;1-3-2/h14-16,21,24-30,34,36-37,39-41,43,48,57H,11-13,17-20,22-23,47H2,1-10H3,(H,49,50);1H3/t27-,28-,29+,30-,34-,36?,37-,39?,40-,41-,43+,45-,46-;/m1./s1. The van der Waals surface area contributed by atoms with Crippen molar-refractivity contribution >= 4 is 35.7 Å². The fourth-order valence-corrected chi connectivity index (χ4v) is 10.2. The van der Waals surface area contributed by atoms with E-state index in [1.165, 1.54) is 6.26 Å². The van der Waals surface area contributed by atoms with Gasteiger partial charge in [-0.25, -0.2) is 4.79 Å². The fourth-order valence-electron chi connectivity index (χ4n) is 10.2. The van der Waals surface area contributed by atoms with Crippen LogP contribution in [0.15, 0.2) is 42.9 Å². The molecule has 5 heterocycles. The number of hydrogen-bond donors (Lipinski definition) is 4. The van der Waals surface area contributed by atoms with Crippen LogP contribution in [-0.4, -0.2) is 159 Å². The van der Waals surface area contributed by atoms with Gasteiger partial charge >= 0.3 is 12.1 Å². The number of fused-ring (bicyclic) bond motifs is 1. The van der Waals surface area contributed by atoms with E-state index in [4.69, 9.17) is 29.4 Å². The zero-order valence-corrected chi connectivity index (χ0v) is 41.8. The summed E-state index contributed by atoms with van der Waals surface area (Å²) >= 11 is 0.250. The summed E-state index contributed by atoms with van der Waals surface area (Å²) in [5, 5.41) is 30.8. The maximum atomic E-state index is 15.1. The highest BCUT2D eigenvalue weighted by Crippen LogP contribution is 2.40. The van der Waals surface area contributed by atoms with Crippen LogP contribution in [-0.2, 0) is 46.2 Å². The van der Waals surface area contributed by atoms with Crippen molar-refractivity contribution in [3.63, 3.8) is 0 Å². The number of likely N-dealkylation sites (N-methyl/N-ethyl adjacent to an activating group) is 1. The minimum Gasteiger partial charge on any atom is -0.457 e. The molecule has 2 aromatic heterocycles. The van der Waals surface area contributed by atoms with E-state index >= 15 is 4.79 Å². The van der Waals surface area contributed by atoms with Crippen molar-refractivity contribution in [3.8, 4) is 11.3 Å². The molecular weight excluding hydrogens is 886 g/mol. The summed E-state index contributed by atoms with van der Waals surface area (Å²) in [5.74, 6) is -3.44. The number of amides is 1. The Morgan fingerprint density at radius 2 is 1.84 bits per heavy atom. The second kappa shape index (κ2) is 23.9. The van der Waals surface area contributed by atoms with E-state index in [2.05, 4.69) is 32.7 Å². The van der Waals surface area contributed by atoms with Crippen molar-refractivity contribution in [1.82, 2.24) is 40.3 Å². The molecule has 3 saturated heterocycles. The third-order valence-corrected chi connectivity index (χ3v) is 13.7. The number of carbonyl (C=O) groups excluding carboxylic acids is 3. The number of benzene rings is 1. The summed E-state index contributed by atoms with van der Waals surface area (Å²) in [6.07, 6.45) is 4.43. The van der Waals surface area contributed by atoms with Gasteiger partial charge in [-0.15, -0.1) is 5.10 Å². The molecule has 20 heteroatoms. The van der Waals surface area contributed by atoms with E-state index in [1.807, 2.05) is 84.1 Å². The number of aryl methyl sites for hydroxylation is 1. The number of ether oxygens (including phenoxy) is 5. The van der Waals surface area contributed by atoms with Crippen molar-refractivity contribution in [3.05, 3.63) is 48.4 Å². The molecule has 0 spiro atoms. The molecule has 1 aromatic carbocycles. The summed E-state index contributed by atoms with van der Waals surface area (Å²) in [4.78, 5) is 47.5. The molecule has 3 fully saturated rings. The third-order valence-electron chi connectivity index (χ3n) is 13.7. The largest absolute Gasteiger partial charge is 0.457 e. The zero-order valence-electron chi connectivity index (χ0n) is 41.0. The van der Waals surface area contributed by atoms with Crippen LogP contribution in [0.1, 0.15) is 86.1 Å². The number of methoxy groups -OCH3 is 1. The molecule has 3 aliphatic rings. The average molecular weight is 960 g/mol. The van der Waals surface area contributed by atoms with Crippen LogP contribution >= 0.6 is 12.1 Å². The summed E-state index contributed by atoms with van der Waals surface area (Å²) < 4.78 is 44.1. The number of esters is 1. The van der Waals surface area contributed by atoms with Gasteiger partial charge in [0.15, 0.2) is 17.7 Å². The number of nitrogens with two attached hydrogens (primary N) is 1. The van der Waals surface area contributed by atoms with Gasteiger partial charge in [0, 0.05) is 74.1 Å². The smallest absolute Gasteiger partial charge is 0.410 e. The Morgan fingerprint density at radius 1 is 1.12 bits per heavy atom. The van der Waals surface area contributed by atoms with Crippen LogP contribution in [0.2, 0.25) is 0 Å². The van der Waals surface area contributed by atoms with E-state index in [-0.39, 0.29) is 42.7 Å². The third kappa shape index (κ3) is 12.9. The number of carbonyl (C=O) groups is 3. The number of nitrogens with zero attached hydrogens (tertiary/aromatic N) is 6. The van der Waals surface area contributed by atoms with Crippen molar-refractivity contribution in [1.29, 1.82) is 0 Å². The Labute approximate surface area is 399 Å². The average Bonchev–Trinajstić information content (AvgIpc) is 4.05. The van der Waals surface area contributed by atoms with E-state index < -0.39 is 71.5 Å². The predicted octanol–water partition coefficient (Wildman–Crippen LogP) is 5.46. The Hall–Kier alpha value is -4.18. The summed E-state index contributed by atoms with van der Waals surface area (Å²) in [6.45, 7) is 14.8. The number of hydrogen-bond acceptors (Lipinski definition) is 16. The number of rotatable bonds is 13. The number of aromatic nitrogens is 5. The van der Waals surface area contributed by atoms with Gasteiger partial charge < -0.3 is 44.7 Å². The van der Waals surface area contributed by atoms with Crippen molar-refractivity contribution in [2.24, 2.45) is 17.8 Å². The first kappa shape index (κ1) is 53.8. The monoisotopic (exact) mass is 960 g/mol. The number of anilines is 1. The Balaban J connectivity index is 0.00000273. The molecule has 2 unspecified atom stereocenters. The van der Waals surface area contributed by atoms with Crippen LogP contribution < -0.4 is 11.1 Å². The molecule has 13 atom stereocenters. The normalized spacial score (nSPS) is 33.3. The summed E-state index contributed by atoms with van der Waals surface area (Å²) in [7, 11) is 5.39. The number of cyclic esters (lactones) is 1. The van der Waals surface area contributed by atoms with Crippen LogP contribution in [0.25, 0.3) is 11.3 Å². The molecule has 5 N–H and O–H groups in total. The van der Waals surface area contributed by atoms with E-state index in [1.54, 1.807) is 36.0 Å². The summed E-state index contributed by atoms with van der Waals surface area (Å²) in [5.41, 5.74) is 6.48. The number of aliphatic hydroxyl groups excluding tert-OH is 1. The Kier molecular flexibility index (Phi) is 19.2. The lowest BCUT2D eigenvalue weighted by atomic mass is 9.77. The zero-order chi connectivity index (χ0) is 49.2. The van der Waals surface area contributed by atoms with Crippen molar-refractivity contribution < 1.29 is 47.1 Å². The van der Waals surface area contributed by atoms with E-state index in [9.17, 15) is 18.6 Å². The highest BCUT2D eigenvalue weighted by molar-refractivity contribution is 7.93. The first-order valence-electron chi connectivity index (χ1n) is 23.4. The molecule has 3 aliphatic heterocycles. The van der Waals surface area contributed by atoms with E-state index in [0.717, 1.165) is 11.3 Å². The van der Waals surface area contributed by atoms with Crippen LogP contribution in [0.4, 0.5) is 14.4 Å². The molecule has 0 aliphatic carbocycles. The molecule has 374 valence electrons. The lowest BCUT2D eigenvalue weighted by Gasteiger charge is -2.46. The van der Waals surface area contributed by atoms with Gasteiger partial charge in [0.2, 0.25) is 0 Å². The minimum atomic E-state index is -1.29. The number of nitrogens with one attached hydrogen (secondary N) is 2. The number of aliphatic hydroxyl groups is 1. The van der Waals surface area contributed by atoms with Crippen LogP contribution in [0.3, 0.4) is 0 Å². The Morgan fingerprint density at radius 3 is 2.48 bits per heavy atom. The second-order valence-corrected chi connectivity index (χ2v) is 19.4. The number of unbranched alkanes of at least 4 members (excludes halogenated alkanes) is 1. The Bertz CT molecular complexity index is 2050. The molecule has 1 amide bonds. The first-order valence-corrected chi connectivity index (χ1v) is 24.5. The lowest BCUT2D eigenvalue weighted by molar-refractivity contribution is -0.295. The van der Waals surface area contributed by atoms with Crippen LogP contribution in [0, 0.1) is 17.8 Å². The highest BCUT2D eigenvalue weighted by Gasteiger charge is 2.59. The van der Waals surface area contributed by atoms with Crippen molar-refractivity contribution in [2.75, 3.05) is 46.3 Å². The number of Topliss-reactive ketones (excluding diaryl/α,β-unsaturated/α-hetero) is 1. The molecule has 6 rings (SSSR count). The molecule has 0 radical (unpaired) electrons. The van der Waals surface area contributed by atoms with Crippen molar-refractivity contribution in [2.45, 2.75) is 154 Å². The molecule has 18 nitrogen and oxygen atoms in total. The number of H-pyrrole nitrogens is 1. The van der Waals surface area contributed by atoms with Gasteiger partial charge in [-0.2, -0.15) is 8.98 Å². The fraction of sp³-hybridized carbons (Fsp3) is 0.702. The molecule has 67 heavy (non-hydrogen) atoms. The maximum absolute atomic E-state index is 15.1. The summed E-state index contributed by atoms with van der Waals surface area (Å²) in [6, 6.07) is 6.35. The topological polar surface area (TPSA) is 222 Å². The van der Waals surface area contributed by atoms with Gasteiger partial charge in [0.25, 0.3) is 0 Å². The number of ketones is 1. The SMILES string of the molecule is CC[C@H]1OC(=O)[C@H](Cc2cn[nH]c2)C(=O)[C@H](C)[C@@H](O[C@@H]2O[C@H](C)CC(N(C)C)C2O)[C@](C)(OC)C[C@@H](C)CN[C@H](C)[C@H]2N(CCCCn3cc(-c4cccc(N)c4)nn3)C(=O)O[C@]12C.CSF. The van der Waals surface area contributed by atoms with Gasteiger partial charge in [0.1, 0.15) is 23.8 Å². The molecule has 0 bridgehead atoms. The molecule has 0 saturated carbocycles. The van der Waals surface area contributed by atoms with Gasteiger partial charge in [-0.3, -0.25) is 24.3 Å². The van der Waals surface area contributed by atoms with Gasteiger partial charge in [0.05, 0.1) is 36.2 Å². The molecular formula is C47H74FN9O9S. The van der Waals surface area contributed by atoms with E-state index in [0.29, 0.717) is 63.0 Å². The lowest BCUT2D eigenvalue weighted by Crippen LogP contribution is -2.61. The van der Waals surface area contributed by atoms with Gasteiger partial charge in [-0.1, -0.05) is 38.1 Å². The predicted molar refractivity (Wildman–Crippen MR) is 253 cm³/mol.